The first-order chi connectivity index (χ1) is 6.79. The maximum Gasteiger partial charge on any atom is 0.0738 e. The lowest BCUT2D eigenvalue weighted by Crippen LogP contribution is -2.07. The van der Waals surface area contributed by atoms with E-state index in [2.05, 4.69) is 19.9 Å². The molecule has 0 amide bonds. The molecule has 0 unspecified atom stereocenters. The van der Waals surface area contributed by atoms with E-state index >= 15 is 0 Å². The fourth-order valence-electron chi connectivity index (χ4n) is 1.81. The average Bonchev–Trinajstić information content (AvgIpc) is 2.21. The van der Waals surface area contributed by atoms with Gasteiger partial charge < -0.3 is 0 Å². The summed E-state index contributed by atoms with van der Waals surface area (Å²) in [6.45, 7) is 4.32. The maximum atomic E-state index is 9.13. The van der Waals surface area contributed by atoms with Gasteiger partial charge in [0.05, 0.1) is 12.0 Å². The van der Waals surface area contributed by atoms with Gasteiger partial charge in [0.25, 0.3) is 0 Å². The highest BCUT2D eigenvalue weighted by Gasteiger charge is 2.17. The standard InChI is InChI=1S/C13H17N/c1-3-7-11(2)13(10-14)12-8-5-4-6-9-12/h4-6,8-9,11,13H,3,7H2,1-2H3/t11-,13+/m0/s1. The van der Waals surface area contributed by atoms with Crippen molar-refractivity contribution >= 4 is 0 Å². The normalized spacial score (nSPS) is 14.4. The minimum absolute atomic E-state index is 0.0520. The summed E-state index contributed by atoms with van der Waals surface area (Å²) in [4.78, 5) is 0. The molecule has 0 radical (unpaired) electrons. The largest absolute Gasteiger partial charge is 0.198 e. The zero-order valence-electron chi connectivity index (χ0n) is 8.90. The van der Waals surface area contributed by atoms with Crippen LogP contribution in [0.1, 0.15) is 38.2 Å². The Kier molecular flexibility index (Phi) is 4.19. The summed E-state index contributed by atoms with van der Waals surface area (Å²) in [5.41, 5.74) is 1.15. The van der Waals surface area contributed by atoms with E-state index in [1.54, 1.807) is 0 Å². The Labute approximate surface area is 86.4 Å². The van der Waals surface area contributed by atoms with Gasteiger partial charge in [-0.25, -0.2) is 0 Å². The molecular weight excluding hydrogens is 170 g/mol. The second-order valence-electron chi connectivity index (χ2n) is 3.78. The van der Waals surface area contributed by atoms with Crippen LogP contribution in [0.3, 0.4) is 0 Å². The smallest absolute Gasteiger partial charge is 0.0738 e. The van der Waals surface area contributed by atoms with Crippen LogP contribution in [0.5, 0.6) is 0 Å². The molecular formula is C13H17N. The predicted molar refractivity (Wildman–Crippen MR) is 58.9 cm³/mol. The Hall–Kier alpha value is -1.29. The summed E-state index contributed by atoms with van der Waals surface area (Å²) >= 11 is 0. The molecule has 0 N–H and O–H groups in total. The zero-order chi connectivity index (χ0) is 10.4. The molecule has 0 saturated heterocycles. The molecule has 14 heavy (non-hydrogen) atoms. The second kappa shape index (κ2) is 5.44. The van der Waals surface area contributed by atoms with Gasteiger partial charge in [-0.15, -0.1) is 0 Å². The maximum absolute atomic E-state index is 9.13. The summed E-state index contributed by atoms with van der Waals surface area (Å²) in [5, 5.41) is 9.13. The van der Waals surface area contributed by atoms with E-state index in [9.17, 15) is 0 Å². The van der Waals surface area contributed by atoms with Crippen LogP contribution < -0.4 is 0 Å². The molecule has 2 atom stereocenters. The van der Waals surface area contributed by atoms with Crippen LogP contribution in [0, 0.1) is 17.2 Å². The molecule has 0 spiro atoms. The van der Waals surface area contributed by atoms with Crippen molar-refractivity contribution in [1.29, 1.82) is 5.26 Å². The zero-order valence-corrected chi connectivity index (χ0v) is 8.90. The van der Waals surface area contributed by atoms with Gasteiger partial charge in [-0.3, -0.25) is 0 Å². The van der Waals surface area contributed by atoms with Gasteiger partial charge in [0.2, 0.25) is 0 Å². The van der Waals surface area contributed by atoms with Crippen molar-refractivity contribution in [2.45, 2.75) is 32.6 Å². The van der Waals surface area contributed by atoms with E-state index in [1.807, 2.05) is 30.3 Å². The van der Waals surface area contributed by atoms with Crippen LogP contribution in [0.4, 0.5) is 0 Å². The predicted octanol–water partition coefficient (Wildman–Crippen LogP) is 3.73. The number of rotatable bonds is 4. The molecule has 1 heteroatoms. The second-order valence-corrected chi connectivity index (χ2v) is 3.78. The van der Waals surface area contributed by atoms with Crippen molar-refractivity contribution in [3.8, 4) is 6.07 Å². The molecule has 0 aliphatic heterocycles. The van der Waals surface area contributed by atoms with Gasteiger partial charge in [0.1, 0.15) is 0 Å². The molecule has 1 rings (SSSR count). The summed E-state index contributed by atoms with van der Waals surface area (Å²) in [7, 11) is 0. The molecule has 1 aromatic rings. The van der Waals surface area contributed by atoms with E-state index in [-0.39, 0.29) is 5.92 Å². The molecule has 1 nitrogen and oxygen atoms in total. The lowest BCUT2D eigenvalue weighted by molar-refractivity contribution is 0.484. The number of benzene rings is 1. The van der Waals surface area contributed by atoms with Crippen LogP contribution in [0.15, 0.2) is 30.3 Å². The molecule has 1 aromatic carbocycles. The lowest BCUT2D eigenvalue weighted by Gasteiger charge is -2.16. The number of hydrogen-bond acceptors (Lipinski definition) is 1. The third-order valence-corrected chi connectivity index (χ3v) is 2.61. The Morgan fingerprint density at radius 2 is 1.93 bits per heavy atom. The van der Waals surface area contributed by atoms with E-state index in [0.29, 0.717) is 5.92 Å². The SMILES string of the molecule is CCC[C@H](C)[C@@H](C#N)c1ccccc1. The minimum atomic E-state index is 0.0520. The Bertz CT molecular complexity index is 297. The number of hydrogen-bond donors (Lipinski definition) is 0. The van der Waals surface area contributed by atoms with Crippen LogP contribution in [-0.4, -0.2) is 0 Å². The van der Waals surface area contributed by atoms with Crippen LogP contribution in [0.25, 0.3) is 0 Å². The van der Waals surface area contributed by atoms with Crippen LogP contribution >= 0.6 is 0 Å². The Balaban J connectivity index is 2.78. The van der Waals surface area contributed by atoms with Crippen molar-refractivity contribution in [2.24, 2.45) is 5.92 Å². The highest BCUT2D eigenvalue weighted by Crippen LogP contribution is 2.26. The van der Waals surface area contributed by atoms with Crippen LogP contribution in [0.2, 0.25) is 0 Å². The molecule has 0 fully saturated rings. The molecule has 0 aromatic heterocycles. The first kappa shape index (κ1) is 10.8. The summed E-state index contributed by atoms with van der Waals surface area (Å²) in [5.74, 6) is 0.503. The first-order valence-electron chi connectivity index (χ1n) is 5.24. The quantitative estimate of drug-likeness (QED) is 0.704. The van der Waals surface area contributed by atoms with E-state index < -0.39 is 0 Å². The summed E-state index contributed by atoms with van der Waals surface area (Å²) in [6.07, 6.45) is 2.26. The van der Waals surface area contributed by atoms with Gasteiger partial charge >= 0.3 is 0 Å². The molecule has 0 aliphatic rings. The van der Waals surface area contributed by atoms with Gasteiger partial charge in [-0.1, -0.05) is 50.6 Å². The van der Waals surface area contributed by atoms with Gasteiger partial charge in [-0.2, -0.15) is 5.26 Å². The lowest BCUT2D eigenvalue weighted by atomic mass is 9.86. The summed E-state index contributed by atoms with van der Waals surface area (Å²) < 4.78 is 0. The fraction of sp³-hybridized carbons (Fsp3) is 0.462. The number of nitriles is 1. The molecule has 0 heterocycles. The van der Waals surface area contributed by atoms with E-state index in [0.717, 1.165) is 18.4 Å². The van der Waals surface area contributed by atoms with Gasteiger partial charge in [-0.05, 0) is 17.9 Å². The molecule has 0 saturated carbocycles. The summed E-state index contributed by atoms with van der Waals surface area (Å²) in [6, 6.07) is 12.5. The van der Waals surface area contributed by atoms with Crippen molar-refractivity contribution < 1.29 is 0 Å². The topological polar surface area (TPSA) is 23.8 Å². The van der Waals surface area contributed by atoms with Gasteiger partial charge in [0, 0.05) is 0 Å². The van der Waals surface area contributed by atoms with Crippen molar-refractivity contribution in [2.75, 3.05) is 0 Å². The third-order valence-electron chi connectivity index (χ3n) is 2.61. The average molecular weight is 187 g/mol. The monoisotopic (exact) mass is 187 g/mol. The third kappa shape index (κ3) is 2.60. The van der Waals surface area contributed by atoms with Crippen molar-refractivity contribution in [3.05, 3.63) is 35.9 Å². The van der Waals surface area contributed by atoms with E-state index in [4.69, 9.17) is 5.26 Å². The Morgan fingerprint density at radius 3 is 2.43 bits per heavy atom. The Morgan fingerprint density at radius 1 is 1.29 bits per heavy atom. The minimum Gasteiger partial charge on any atom is -0.198 e. The highest BCUT2D eigenvalue weighted by molar-refractivity contribution is 5.25. The van der Waals surface area contributed by atoms with Crippen molar-refractivity contribution in [1.82, 2.24) is 0 Å². The molecule has 0 aliphatic carbocycles. The first-order valence-corrected chi connectivity index (χ1v) is 5.24. The van der Waals surface area contributed by atoms with Crippen molar-refractivity contribution in [3.63, 3.8) is 0 Å². The molecule has 74 valence electrons. The highest BCUT2D eigenvalue weighted by atomic mass is 14.3. The van der Waals surface area contributed by atoms with Gasteiger partial charge in [0.15, 0.2) is 0 Å². The van der Waals surface area contributed by atoms with E-state index in [1.165, 1.54) is 0 Å². The number of nitrogens with zero attached hydrogens (tertiary/aromatic N) is 1. The molecule has 0 bridgehead atoms. The van der Waals surface area contributed by atoms with Crippen LogP contribution in [-0.2, 0) is 0 Å². The fourth-order valence-corrected chi connectivity index (χ4v) is 1.81.